The second kappa shape index (κ2) is 8.93. The molecule has 0 aromatic heterocycles. The number of carbonyl (C=O) groups excluding carboxylic acids is 1. The highest BCUT2D eigenvalue weighted by Gasteiger charge is 2.22. The lowest BCUT2D eigenvalue weighted by Gasteiger charge is -2.35. The van der Waals surface area contributed by atoms with Gasteiger partial charge in [0, 0.05) is 45.7 Å². The minimum Gasteiger partial charge on any atom is -0.454 e. The maximum Gasteiger partial charge on any atom is 0.231 e. The maximum absolute atomic E-state index is 12.6. The Morgan fingerprint density at radius 3 is 2.37 bits per heavy atom. The zero-order valence-corrected chi connectivity index (χ0v) is 16.2. The second-order valence-corrected chi connectivity index (χ2v) is 7.85. The van der Waals surface area contributed by atoms with Crippen LogP contribution in [0.1, 0.15) is 37.7 Å². The molecule has 2 saturated heterocycles. The number of likely N-dealkylation sites (tertiary alicyclic amines) is 1. The lowest BCUT2D eigenvalue weighted by molar-refractivity contribution is -0.133. The van der Waals surface area contributed by atoms with E-state index >= 15 is 0 Å². The van der Waals surface area contributed by atoms with Gasteiger partial charge >= 0.3 is 0 Å². The van der Waals surface area contributed by atoms with Gasteiger partial charge in [-0.15, -0.1) is 0 Å². The van der Waals surface area contributed by atoms with Crippen molar-refractivity contribution >= 4 is 5.91 Å². The fraction of sp³-hybridized carbons (Fsp3) is 0.667. The standard InChI is InChI=1S/C21H31N3O3/c25-21(7-10-22-8-3-1-2-4-9-22)24-13-11-23(12-14-24)16-18-5-6-19-20(15-18)27-17-26-19/h5-6,15H,1-4,7-14,16-17H2. The van der Waals surface area contributed by atoms with Gasteiger partial charge in [-0.1, -0.05) is 18.9 Å². The molecule has 0 aliphatic carbocycles. The Morgan fingerprint density at radius 2 is 1.59 bits per heavy atom. The number of piperazine rings is 1. The highest BCUT2D eigenvalue weighted by Crippen LogP contribution is 2.32. The Labute approximate surface area is 162 Å². The van der Waals surface area contributed by atoms with Crippen LogP contribution in [0, 0.1) is 0 Å². The van der Waals surface area contributed by atoms with E-state index in [4.69, 9.17) is 9.47 Å². The summed E-state index contributed by atoms with van der Waals surface area (Å²) in [7, 11) is 0. The molecular weight excluding hydrogens is 342 g/mol. The lowest BCUT2D eigenvalue weighted by atomic mass is 10.1. The number of benzene rings is 1. The van der Waals surface area contributed by atoms with Crippen LogP contribution in [0.15, 0.2) is 18.2 Å². The molecule has 1 aromatic carbocycles. The third-order valence-electron chi connectivity index (χ3n) is 5.91. The fourth-order valence-electron chi connectivity index (χ4n) is 4.22. The third-order valence-corrected chi connectivity index (χ3v) is 5.91. The third kappa shape index (κ3) is 4.93. The smallest absolute Gasteiger partial charge is 0.231 e. The molecule has 148 valence electrons. The Morgan fingerprint density at radius 1 is 0.852 bits per heavy atom. The van der Waals surface area contributed by atoms with Gasteiger partial charge in [0.25, 0.3) is 0 Å². The van der Waals surface area contributed by atoms with Crippen LogP contribution < -0.4 is 9.47 Å². The molecule has 3 aliphatic heterocycles. The number of carbonyl (C=O) groups is 1. The topological polar surface area (TPSA) is 45.3 Å². The molecule has 3 aliphatic rings. The van der Waals surface area contributed by atoms with Crippen molar-refractivity contribution in [3.05, 3.63) is 23.8 Å². The Hall–Kier alpha value is -1.79. The number of nitrogens with zero attached hydrogens (tertiary/aromatic N) is 3. The van der Waals surface area contributed by atoms with E-state index in [1.807, 2.05) is 11.0 Å². The second-order valence-electron chi connectivity index (χ2n) is 7.85. The molecule has 4 rings (SSSR count). The van der Waals surface area contributed by atoms with E-state index in [1.54, 1.807) is 0 Å². The van der Waals surface area contributed by atoms with Crippen molar-refractivity contribution in [2.24, 2.45) is 0 Å². The number of rotatable bonds is 5. The summed E-state index contributed by atoms with van der Waals surface area (Å²) in [6.07, 6.45) is 5.92. The summed E-state index contributed by atoms with van der Waals surface area (Å²) in [6.45, 7) is 8.01. The van der Waals surface area contributed by atoms with Gasteiger partial charge in [0.1, 0.15) is 0 Å². The van der Waals surface area contributed by atoms with Crippen LogP contribution in [-0.2, 0) is 11.3 Å². The van der Waals surface area contributed by atoms with E-state index in [9.17, 15) is 4.79 Å². The van der Waals surface area contributed by atoms with Gasteiger partial charge in [0.05, 0.1) is 0 Å². The molecule has 0 radical (unpaired) electrons. The Balaban J connectivity index is 1.19. The zero-order chi connectivity index (χ0) is 18.5. The van der Waals surface area contributed by atoms with Crippen molar-refractivity contribution in [1.29, 1.82) is 0 Å². The summed E-state index contributed by atoms with van der Waals surface area (Å²) in [6, 6.07) is 6.16. The average Bonchev–Trinajstić information content (AvgIpc) is 3.00. The summed E-state index contributed by atoms with van der Waals surface area (Å²) in [4.78, 5) is 19.5. The molecule has 0 atom stereocenters. The largest absolute Gasteiger partial charge is 0.454 e. The van der Waals surface area contributed by atoms with Gasteiger partial charge in [-0.2, -0.15) is 0 Å². The monoisotopic (exact) mass is 373 g/mol. The SMILES string of the molecule is O=C(CCN1CCCCCC1)N1CCN(Cc2ccc3c(c2)OCO3)CC1. The summed E-state index contributed by atoms with van der Waals surface area (Å²) >= 11 is 0. The van der Waals surface area contributed by atoms with Gasteiger partial charge in [-0.25, -0.2) is 0 Å². The minimum atomic E-state index is 0.316. The molecule has 0 bridgehead atoms. The van der Waals surface area contributed by atoms with Crippen LogP contribution in [-0.4, -0.2) is 73.2 Å². The molecule has 1 aromatic rings. The highest BCUT2D eigenvalue weighted by atomic mass is 16.7. The molecule has 0 unspecified atom stereocenters. The summed E-state index contributed by atoms with van der Waals surface area (Å²) in [5.41, 5.74) is 1.24. The summed E-state index contributed by atoms with van der Waals surface area (Å²) < 4.78 is 10.8. The van der Waals surface area contributed by atoms with Gasteiger partial charge < -0.3 is 19.3 Å². The van der Waals surface area contributed by atoms with Crippen LogP contribution in [0.4, 0.5) is 0 Å². The Kier molecular flexibility index (Phi) is 6.14. The molecule has 0 N–H and O–H groups in total. The Bertz CT molecular complexity index is 636. The first kappa shape index (κ1) is 18.6. The quantitative estimate of drug-likeness (QED) is 0.793. The van der Waals surface area contributed by atoms with Crippen molar-refractivity contribution in [3.8, 4) is 11.5 Å². The van der Waals surface area contributed by atoms with E-state index in [1.165, 1.54) is 31.2 Å². The lowest BCUT2D eigenvalue weighted by Crippen LogP contribution is -2.48. The molecular formula is C21H31N3O3. The van der Waals surface area contributed by atoms with E-state index < -0.39 is 0 Å². The number of fused-ring (bicyclic) bond motifs is 1. The van der Waals surface area contributed by atoms with Crippen LogP contribution in [0.5, 0.6) is 11.5 Å². The van der Waals surface area contributed by atoms with Crippen molar-refractivity contribution in [1.82, 2.24) is 14.7 Å². The van der Waals surface area contributed by atoms with E-state index in [0.29, 0.717) is 19.1 Å². The number of ether oxygens (including phenoxy) is 2. The van der Waals surface area contributed by atoms with Crippen molar-refractivity contribution in [2.75, 3.05) is 52.6 Å². The van der Waals surface area contributed by atoms with Gasteiger partial charge in [0.15, 0.2) is 11.5 Å². The van der Waals surface area contributed by atoms with E-state index in [0.717, 1.165) is 63.9 Å². The van der Waals surface area contributed by atoms with Crippen LogP contribution in [0.3, 0.4) is 0 Å². The molecule has 0 spiro atoms. The van der Waals surface area contributed by atoms with Crippen LogP contribution in [0.25, 0.3) is 0 Å². The first-order valence-corrected chi connectivity index (χ1v) is 10.4. The first-order valence-electron chi connectivity index (χ1n) is 10.4. The van der Waals surface area contributed by atoms with Gasteiger partial charge in [-0.05, 0) is 43.6 Å². The van der Waals surface area contributed by atoms with Crippen molar-refractivity contribution < 1.29 is 14.3 Å². The molecule has 6 nitrogen and oxygen atoms in total. The highest BCUT2D eigenvalue weighted by molar-refractivity contribution is 5.76. The molecule has 3 heterocycles. The predicted molar refractivity (Wildman–Crippen MR) is 104 cm³/mol. The van der Waals surface area contributed by atoms with Gasteiger partial charge in [-0.3, -0.25) is 9.69 Å². The number of hydrogen-bond acceptors (Lipinski definition) is 5. The fourth-order valence-corrected chi connectivity index (χ4v) is 4.22. The van der Waals surface area contributed by atoms with E-state index in [2.05, 4.69) is 21.9 Å². The molecule has 0 saturated carbocycles. The van der Waals surface area contributed by atoms with Crippen molar-refractivity contribution in [2.45, 2.75) is 38.6 Å². The molecule has 1 amide bonds. The molecule has 2 fully saturated rings. The maximum atomic E-state index is 12.6. The molecule has 27 heavy (non-hydrogen) atoms. The summed E-state index contributed by atoms with van der Waals surface area (Å²) in [5.74, 6) is 2.00. The predicted octanol–water partition coefficient (Wildman–Crippen LogP) is 2.33. The van der Waals surface area contributed by atoms with Crippen LogP contribution >= 0.6 is 0 Å². The minimum absolute atomic E-state index is 0.316. The number of amides is 1. The van der Waals surface area contributed by atoms with E-state index in [-0.39, 0.29) is 0 Å². The summed E-state index contributed by atoms with van der Waals surface area (Å²) in [5, 5.41) is 0. The van der Waals surface area contributed by atoms with Gasteiger partial charge in [0.2, 0.25) is 12.7 Å². The zero-order valence-electron chi connectivity index (χ0n) is 16.2. The normalized spacial score (nSPS) is 21.3. The average molecular weight is 373 g/mol. The molecule has 6 heteroatoms. The number of hydrogen-bond donors (Lipinski definition) is 0. The van der Waals surface area contributed by atoms with Crippen LogP contribution in [0.2, 0.25) is 0 Å². The first-order chi connectivity index (χ1) is 13.3. The van der Waals surface area contributed by atoms with Crippen molar-refractivity contribution in [3.63, 3.8) is 0 Å².